The van der Waals surface area contributed by atoms with E-state index in [0.29, 0.717) is 10.8 Å². The molecule has 7 nitrogen and oxygen atoms in total. The molecule has 0 aliphatic carbocycles. The summed E-state index contributed by atoms with van der Waals surface area (Å²) < 4.78 is 41.9. The highest BCUT2D eigenvalue weighted by Gasteiger charge is 2.31. The number of alkyl halides is 3. The molecule has 0 fully saturated rings. The van der Waals surface area contributed by atoms with Crippen LogP contribution >= 0.6 is 11.8 Å². The minimum atomic E-state index is -4.76. The molecule has 1 atom stereocenters. The van der Waals surface area contributed by atoms with Crippen LogP contribution in [0.1, 0.15) is 34.1 Å². The third-order valence-corrected chi connectivity index (χ3v) is 4.79. The van der Waals surface area contributed by atoms with E-state index in [9.17, 15) is 18.0 Å². The van der Waals surface area contributed by atoms with Gasteiger partial charge in [0.15, 0.2) is 0 Å². The zero-order valence-electron chi connectivity index (χ0n) is 15.2. The normalized spacial score (nSPS) is 13.3. The van der Waals surface area contributed by atoms with Crippen LogP contribution in [0.25, 0.3) is 5.69 Å². The van der Waals surface area contributed by atoms with Gasteiger partial charge in [0.05, 0.1) is 10.9 Å². The minimum absolute atomic E-state index is 0.157. The molecule has 2 aromatic rings. The van der Waals surface area contributed by atoms with Crippen molar-refractivity contribution in [3.8, 4) is 11.4 Å². The Kier molecular flexibility index (Phi) is 6.34. The van der Waals surface area contributed by atoms with Crippen molar-refractivity contribution in [3.63, 3.8) is 0 Å². The highest BCUT2D eigenvalue weighted by Crippen LogP contribution is 2.26. The fourth-order valence-corrected chi connectivity index (χ4v) is 2.75. The lowest BCUT2D eigenvalue weighted by atomic mass is 10.0. The van der Waals surface area contributed by atoms with Gasteiger partial charge in [0.25, 0.3) is 0 Å². The van der Waals surface area contributed by atoms with Crippen molar-refractivity contribution in [1.82, 2.24) is 25.5 Å². The number of nitrogens with one attached hydrogen (secondary N) is 1. The first-order valence-electron chi connectivity index (χ1n) is 8.14. The third kappa shape index (κ3) is 6.12. The van der Waals surface area contributed by atoms with E-state index in [-0.39, 0.29) is 17.2 Å². The fraction of sp³-hybridized carbons (Fsp3) is 0.500. The zero-order valence-corrected chi connectivity index (χ0v) is 16.1. The smallest absolute Gasteiger partial charge is 0.406 e. The Labute approximate surface area is 158 Å². The number of ether oxygens (including phenoxy) is 1. The monoisotopic (exact) mass is 403 g/mol. The van der Waals surface area contributed by atoms with Crippen molar-refractivity contribution in [2.75, 3.05) is 0 Å². The Bertz CT molecular complexity index is 777. The lowest BCUT2D eigenvalue weighted by Crippen LogP contribution is -2.46. The molecule has 0 aliphatic heterocycles. The second kappa shape index (κ2) is 8.15. The van der Waals surface area contributed by atoms with Crippen LogP contribution in [0, 0.1) is 0 Å². The highest BCUT2D eigenvalue weighted by molar-refractivity contribution is 8.00. The molecule has 27 heavy (non-hydrogen) atoms. The van der Waals surface area contributed by atoms with Gasteiger partial charge < -0.3 is 10.1 Å². The highest BCUT2D eigenvalue weighted by atomic mass is 32.2. The molecule has 1 unspecified atom stereocenters. The summed E-state index contributed by atoms with van der Waals surface area (Å²) in [6.45, 7) is 7.56. The molecule has 1 aromatic heterocycles. The maximum absolute atomic E-state index is 12.3. The van der Waals surface area contributed by atoms with E-state index in [1.165, 1.54) is 28.9 Å². The van der Waals surface area contributed by atoms with Gasteiger partial charge in [-0.1, -0.05) is 18.7 Å². The quantitative estimate of drug-likeness (QED) is 0.714. The van der Waals surface area contributed by atoms with Gasteiger partial charge in [0.2, 0.25) is 11.1 Å². The number of carbonyl (C=O) groups is 1. The Morgan fingerprint density at radius 2 is 1.93 bits per heavy atom. The van der Waals surface area contributed by atoms with Gasteiger partial charge in [0, 0.05) is 5.54 Å². The van der Waals surface area contributed by atoms with Gasteiger partial charge >= 0.3 is 6.36 Å². The van der Waals surface area contributed by atoms with Crippen molar-refractivity contribution in [2.24, 2.45) is 0 Å². The molecule has 11 heteroatoms. The number of aromatic nitrogens is 4. The molecule has 1 aromatic carbocycles. The molecule has 0 aliphatic rings. The molecular weight excluding hydrogens is 383 g/mol. The third-order valence-electron chi connectivity index (χ3n) is 3.75. The van der Waals surface area contributed by atoms with Crippen molar-refractivity contribution in [3.05, 3.63) is 24.3 Å². The van der Waals surface area contributed by atoms with E-state index in [1.54, 1.807) is 6.92 Å². The zero-order chi connectivity index (χ0) is 20.2. The van der Waals surface area contributed by atoms with Crippen LogP contribution in [-0.4, -0.2) is 43.3 Å². The van der Waals surface area contributed by atoms with Gasteiger partial charge in [-0.05, 0) is 61.9 Å². The van der Waals surface area contributed by atoms with E-state index in [2.05, 4.69) is 25.6 Å². The molecule has 1 amide bonds. The summed E-state index contributed by atoms with van der Waals surface area (Å²) in [6, 6.07) is 5.12. The van der Waals surface area contributed by atoms with E-state index in [0.717, 1.165) is 18.2 Å². The molecule has 0 saturated carbocycles. The number of tetrazole rings is 1. The average Bonchev–Trinajstić information content (AvgIpc) is 3.01. The molecule has 0 bridgehead atoms. The van der Waals surface area contributed by atoms with Crippen LogP contribution in [0.3, 0.4) is 0 Å². The summed E-state index contributed by atoms with van der Waals surface area (Å²) in [4.78, 5) is 12.3. The van der Waals surface area contributed by atoms with E-state index < -0.39 is 11.6 Å². The Hall–Kier alpha value is -2.30. The number of benzene rings is 1. The number of thioether (sulfide) groups is 1. The van der Waals surface area contributed by atoms with Crippen LogP contribution in [0.15, 0.2) is 29.4 Å². The molecule has 1 N–H and O–H groups in total. The van der Waals surface area contributed by atoms with Crippen LogP contribution in [0.5, 0.6) is 5.75 Å². The van der Waals surface area contributed by atoms with Gasteiger partial charge in [-0.3, -0.25) is 4.79 Å². The SMILES string of the molecule is CCC(C)(C)NC(=O)C(C)Sc1nnnn1-c1ccc(OC(F)(F)F)cc1. The molecule has 0 spiro atoms. The number of nitrogens with zero attached hydrogens (tertiary/aromatic N) is 4. The van der Waals surface area contributed by atoms with Gasteiger partial charge in [0.1, 0.15) is 5.75 Å². The molecular formula is C16H20F3N5O2S. The van der Waals surface area contributed by atoms with Gasteiger partial charge in [-0.2, -0.15) is 4.68 Å². The number of amides is 1. The van der Waals surface area contributed by atoms with Gasteiger partial charge in [-0.15, -0.1) is 18.3 Å². The van der Waals surface area contributed by atoms with Crippen molar-refractivity contribution in [2.45, 2.75) is 56.4 Å². The molecule has 0 saturated heterocycles. The summed E-state index contributed by atoms with van der Waals surface area (Å²) in [6.07, 6.45) is -3.98. The lowest BCUT2D eigenvalue weighted by Gasteiger charge is -2.26. The average molecular weight is 403 g/mol. The lowest BCUT2D eigenvalue weighted by molar-refractivity contribution is -0.274. The second-order valence-corrected chi connectivity index (χ2v) is 7.71. The number of carbonyl (C=O) groups excluding carboxylic acids is 1. The first-order chi connectivity index (χ1) is 12.5. The predicted molar refractivity (Wildman–Crippen MR) is 93.7 cm³/mol. The Morgan fingerprint density at radius 1 is 1.30 bits per heavy atom. The number of rotatable bonds is 7. The van der Waals surface area contributed by atoms with Gasteiger partial charge in [-0.25, -0.2) is 0 Å². The van der Waals surface area contributed by atoms with E-state index >= 15 is 0 Å². The molecule has 148 valence electrons. The molecule has 2 rings (SSSR count). The number of hydrogen-bond acceptors (Lipinski definition) is 6. The summed E-state index contributed by atoms with van der Waals surface area (Å²) >= 11 is 1.15. The Balaban J connectivity index is 2.10. The van der Waals surface area contributed by atoms with Crippen LogP contribution < -0.4 is 10.1 Å². The first kappa shape index (κ1) is 21.0. The summed E-state index contributed by atoms with van der Waals surface area (Å²) in [5.41, 5.74) is 0.116. The fourth-order valence-electron chi connectivity index (χ4n) is 1.94. The number of hydrogen-bond donors (Lipinski definition) is 1. The predicted octanol–water partition coefficient (Wildman–Crippen LogP) is 3.35. The van der Waals surface area contributed by atoms with Crippen LogP contribution in [-0.2, 0) is 4.79 Å². The maximum atomic E-state index is 12.3. The topological polar surface area (TPSA) is 81.9 Å². The number of halogens is 3. The van der Waals surface area contributed by atoms with Crippen LogP contribution in [0.4, 0.5) is 13.2 Å². The van der Waals surface area contributed by atoms with Crippen LogP contribution in [0.2, 0.25) is 0 Å². The standard InChI is InChI=1S/C16H20F3N5O2S/c1-5-15(3,4)20-13(25)10(2)27-14-21-22-23-24(14)11-6-8-12(9-7-11)26-16(17,18)19/h6-10H,5H2,1-4H3,(H,20,25). The summed E-state index contributed by atoms with van der Waals surface area (Å²) in [5, 5.41) is 14.1. The van der Waals surface area contributed by atoms with E-state index in [4.69, 9.17) is 0 Å². The molecule has 0 radical (unpaired) electrons. The maximum Gasteiger partial charge on any atom is 0.573 e. The van der Waals surface area contributed by atoms with Crippen molar-refractivity contribution in [1.29, 1.82) is 0 Å². The van der Waals surface area contributed by atoms with Crippen molar-refractivity contribution >= 4 is 17.7 Å². The minimum Gasteiger partial charge on any atom is -0.406 e. The molecule has 1 heterocycles. The summed E-state index contributed by atoms with van der Waals surface area (Å²) in [5.74, 6) is -0.501. The van der Waals surface area contributed by atoms with E-state index in [1.807, 2.05) is 20.8 Å². The first-order valence-corrected chi connectivity index (χ1v) is 9.02. The van der Waals surface area contributed by atoms with Crippen molar-refractivity contribution < 1.29 is 22.7 Å². The summed E-state index contributed by atoms with van der Waals surface area (Å²) in [7, 11) is 0. The Morgan fingerprint density at radius 3 is 2.48 bits per heavy atom. The largest absolute Gasteiger partial charge is 0.573 e. The second-order valence-electron chi connectivity index (χ2n) is 6.40.